The van der Waals surface area contributed by atoms with Crippen molar-refractivity contribution in [1.82, 2.24) is 14.5 Å². The summed E-state index contributed by atoms with van der Waals surface area (Å²) >= 11 is 0. The van der Waals surface area contributed by atoms with Gasteiger partial charge in [0.15, 0.2) is 0 Å². The first-order valence-corrected chi connectivity index (χ1v) is 15.6. The number of likely N-dealkylation sites (N-methyl/N-ethyl adjacent to an activating group) is 1. The quantitative estimate of drug-likeness (QED) is 0.415. The van der Waals surface area contributed by atoms with Crippen molar-refractivity contribution in [2.75, 3.05) is 19.6 Å². The Kier molecular flexibility index (Phi) is 8.25. The van der Waals surface area contributed by atoms with E-state index in [2.05, 4.69) is 21.8 Å². The van der Waals surface area contributed by atoms with Crippen molar-refractivity contribution in [2.45, 2.75) is 69.3 Å². The molecule has 0 radical (unpaired) electrons. The number of rotatable bonds is 8. The van der Waals surface area contributed by atoms with E-state index >= 15 is 0 Å². The largest absolute Gasteiger partial charge is 0.485 e. The first-order valence-electron chi connectivity index (χ1n) is 14.2. The molecule has 1 saturated heterocycles. The minimum atomic E-state index is -3.97. The van der Waals surface area contributed by atoms with Gasteiger partial charge < -0.3 is 14.7 Å². The number of sulfonamides is 1. The van der Waals surface area contributed by atoms with E-state index in [0.29, 0.717) is 23.4 Å². The van der Waals surface area contributed by atoms with Gasteiger partial charge in [-0.15, -0.1) is 0 Å². The Hall–Kier alpha value is -3.24. The summed E-state index contributed by atoms with van der Waals surface area (Å²) in [5.74, 6) is 0.313. The Morgan fingerprint density at radius 3 is 2.56 bits per heavy atom. The fourth-order valence-electron chi connectivity index (χ4n) is 5.86. The molecule has 41 heavy (non-hydrogen) atoms. The van der Waals surface area contributed by atoms with Gasteiger partial charge in [0.1, 0.15) is 17.5 Å². The van der Waals surface area contributed by atoms with Gasteiger partial charge in [-0.05, 0) is 75.6 Å². The standard InChI is InChI=1S/C32H39N3O5S/c1-5-35(25-16-17-34(21-25)20-23-11-7-6-8-12-23)31(37)24-14-15-28-27(19-24)29(30(36)32(3,4)40-28)33-41(38,39)26-13-9-10-22(2)18-26/h6-15,18-19,25,29-30,33,36H,5,16-17,20-21H2,1-4H3/t25?,29-,30+/m1/s1. The summed E-state index contributed by atoms with van der Waals surface area (Å²) in [6, 6.07) is 21.1. The number of amides is 1. The number of aliphatic hydroxyl groups excluding tert-OH is 1. The van der Waals surface area contributed by atoms with E-state index in [1.807, 2.05) is 43.0 Å². The van der Waals surface area contributed by atoms with Gasteiger partial charge in [0.05, 0.1) is 10.9 Å². The number of hydrogen-bond acceptors (Lipinski definition) is 6. The van der Waals surface area contributed by atoms with E-state index in [1.54, 1.807) is 44.2 Å². The summed E-state index contributed by atoms with van der Waals surface area (Å²) in [6.07, 6.45) is -0.310. The van der Waals surface area contributed by atoms with Crippen molar-refractivity contribution in [3.05, 3.63) is 95.1 Å². The molecule has 3 atom stereocenters. The van der Waals surface area contributed by atoms with Crippen LogP contribution in [0.4, 0.5) is 0 Å². The van der Waals surface area contributed by atoms with Crippen molar-refractivity contribution in [1.29, 1.82) is 0 Å². The van der Waals surface area contributed by atoms with Crippen LogP contribution in [-0.4, -0.2) is 66.6 Å². The number of carbonyl (C=O) groups excluding carboxylic acids is 1. The summed E-state index contributed by atoms with van der Waals surface area (Å²) in [5.41, 5.74) is 1.87. The number of aryl methyl sites for hydroxylation is 1. The first-order chi connectivity index (χ1) is 19.5. The lowest BCUT2D eigenvalue weighted by atomic mass is 9.86. The number of aliphatic hydroxyl groups is 1. The molecule has 8 nitrogen and oxygen atoms in total. The molecule has 2 aliphatic heterocycles. The monoisotopic (exact) mass is 577 g/mol. The summed E-state index contributed by atoms with van der Waals surface area (Å²) < 4.78 is 35.6. The molecule has 3 aromatic rings. The van der Waals surface area contributed by atoms with Crippen LogP contribution in [-0.2, 0) is 16.6 Å². The van der Waals surface area contributed by atoms with E-state index in [0.717, 1.165) is 31.6 Å². The number of nitrogens with zero attached hydrogens (tertiary/aromatic N) is 2. The highest BCUT2D eigenvalue weighted by Gasteiger charge is 2.45. The van der Waals surface area contributed by atoms with Gasteiger partial charge >= 0.3 is 0 Å². The fraction of sp³-hybridized carbons (Fsp3) is 0.406. The Morgan fingerprint density at radius 1 is 1.10 bits per heavy atom. The number of likely N-dealkylation sites (tertiary alicyclic amines) is 1. The lowest BCUT2D eigenvalue weighted by molar-refractivity contribution is -0.0603. The lowest BCUT2D eigenvalue weighted by Gasteiger charge is -2.42. The molecule has 2 N–H and O–H groups in total. The van der Waals surface area contributed by atoms with Crippen LogP contribution in [0.1, 0.15) is 60.3 Å². The normalized spacial score (nSPS) is 22.1. The molecule has 5 rings (SSSR count). The van der Waals surface area contributed by atoms with Gasteiger partial charge in [-0.1, -0.05) is 42.5 Å². The Balaban J connectivity index is 1.40. The van der Waals surface area contributed by atoms with E-state index in [4.69, 9.17) is 4.74 Å². The molecule has 1 fully saturated rings. The summed E-state index contributed by atoms with van der Waals surface area (Å²) in [6.45, 7) is 10.3. The molecule has 3 aromatic carbocycles. The van der Waals surface area contributed by atoms with Gasteiger partial charge in [-0.2, -0.15) is 0 Å². The smallest absolute Gasteiger partial charge is 0.254 e. The SMILES string of the molecule is CCN(C(=O)c1ccc2c(c1)[C@@H](NS(=O)(=O)c1cccc(C)c1)[C@H](O)C(C)(C)O2)C1CCN(Cc2ccccc2)C1. The van der Waals surface area contributed by atoms with Crippen molar-refractivity contribution in [3.8, 4) is 5.75 Å². The van der Waals surface area contributed by atoms with Gasteiger partial charge in [-0.3, -0.25) is 9.69 Å². The predicted molar refractivity (Wildman–Crippen MR) is 158 cm³/mol. The first kappa shape index (κ1) is 29.3. The van der Waals surface area contributed by atoms with Gasteiger partial charge in [0, 0.05) is 43.3 Å². The molecule has 0 aliphatic carbocycles. The second kappa shape index (κ2) is 11.6. The zero-order valence-electron chi connectivity index (χ0n) is 24.1. The van der Waals surface area contributed by atoms with Crippen molar-refractivity contribution < 1.29 is 23.1 Å². The van der Waals surface area contributed by atoms with Crippen LogP contribution in [0.15, 0.2) is 77.7 Å². The summed E-state index contributed by atoms with van der Waals surface area (Å²) in [5, 5.41) is 11.3. The van der Waals surface area contributed by atoms with E-state index in [1.165, 1.54) is 11.6 Å². The average molecular weight is 578 g/mol. The fourth-order valence-corrected chi connectivity index (χ4v) is 7.19. The Labute approximate surface area is 243 Å². The van der Waals surface area contributed by atoms with Crippen LogP contribution in [0.2, 0.25) is 0 Å². The maximum atomic E-state index is 13.8. The van der Waals surface area contributed by atoms with Crippen molar-refractivity contribution in [3.63, 3.8) is 0 Å². The molecule has 218 valence electrons. The zero-order valence-corrected chi connectivity index (χ0v) is 24.9. The minimum absolute atomic E-state index is 0.0728. The minimum Gasteiger partial charge on any atom is -0.485 e. The molecule has 9 heteroatoms. The predicted octanol–water partition coefficient (Wildman–Crippen LogP) is 4.28. The Morgan fingerprint density at radius 2 is 1.85 bits per heavy atom. The third-order valence-corrected chi connectivity index (χ3v) is 9.55. The van der Waals surface area contributed by atoms with Crippen LogP contribution < -0.4 is 9.46 Å². The molecule has 0 saturated carbocycles. The molecule has 2 aliphatic rings. The third kappa shape index (κ3) is 6.18. The second-order valence-corrected chi connectivity index (χ2v) is 13.3. The van der Waals surface area contributed by atoms with Crippen LogP contribution in [0.25, 0.3) is 0 Å². The van der Waals surface area contributed by atoms with Crippen molar-refractivity contribution >= 4 is 15.9 Å². The van der Waals surface area contributed by atoms with Crippen LogP contribution in [0.3, 0.4) is 0 Å². The van der Waals surface area contributed by atoms with Gasteiger partial charge in [0.2, 0.25) is 10.0 Å². The van der Waals surface area contributed by atoms with Gasteiger partial charge in [0.25, 0.3) is 5.91 Å². The van der Waals surface area contributed by atoms with E-state index < -0.39 is 27.8 Å². The van der Waals surface area contributed by atoms with E-state index in [-0.39, 0.29) is 16.8 Å². The van der Waals surface area contributed by atoms with E-state index in [9.17, 15) is 18.3 Å². The highest BCUT2D eigenvalue weighted by Crippen LogP contribution is 2.41. The average Bonchev–Trinajstić information content (AvgIpc) is 3.39. The van der Waals surface area contributed by atoms with Crippen LogP contribution in [0.5, 0.6) is 5.75 Å². The maximum Gasteiger partial charge on any atom is 0.254 e. The Bertz CT molecular complexity index is 1510. The highest BCUT2D eigenvalue weighted by atomic mass is 32.2. The van der Waals surface area contributed by atoms with Crippen molar-refractivity contribution in [2.24, 2.45) is 0 Å². The molecule has 1 amide bonds. The molecule has 0 spiro atoms. The third-order valence-electron chi connectivity index (χ3n) is 8.11. The number of carbonyl (C=O) groups is 1. The topological polar surface area (TPSA) is 99.2 Å². The lowest BCUT2D eigenvalue weighted by Crippen LogP contribution is -2.53. The van der Waals surface area contributed by atoms with Gasteiger partial charge in [-0.25, -0.2) is 13.1 Å². The number of fused-ring (bicyclic) bond motifs is 1. The number of benzene rings is 3. The molecular formula is C32H39N3O5S. The van der Waals surface area contributed by atoms with Crippen LogP contribution in [0, 0.1) is 6.92 Å². The number of ether oxygens (including phenoxy) is 1. The number of hydrogen-bond donors (Lipinski definition) is 2. The highest BCUT2D eigenvalue weighted by molar-refractivity contribution is 7.89. The molecule has 1 unspecified atom stereocenters. The second-order valence-electron chi connectivity index (χ2n) is 11.6. The molecule has 0 aromatic heterocycles. The summed E-state index contributed by atoms with van der Waals surface area (Å²) in [4.78, 5) is 18.2. The molecule has 0 bridgehead atoms. The summed E-state index contributed by atoms with van der Waals surface area (Å²) in [7, 11) is -3.97. The maximum absolute atomic E-state index is 13.8. The molecule has 2 heterocycles. The zero-order chi connectivity index (χ0) is 29.4. The number of nitrogens with one attached hydrogen (secondary N) is 1. The van der Waals surface area contributed by atoms with Crippen LogP contribution >= 0.6 is 0 Å². The molecular weight excluding hydrogens is 538 g/mol.